The summed E-state index contributed by atoms with van der Waals surface area (Å²) in [5, 5.41) is 0.579. The lowest BCUT2D eigenvalue weighted by Gasteiger charge is -2.29. The second-order valence-electron chi connectivity index (χ2n) is 7.89. The molecule has 4 nitrogen and oxygen atoms in total. The molecule has 0 aliphatic carbocycles. The lowest BCUT2D eigenvalue weighted by Crippen LogP contribution is -2.40. The van der Waals surface area contributed by atoms with E-state index >= 15 is 0 Å². The number of fused-ring (bicyclic) bond motifs is 1. The van der Waals surface area contributed by atoms with Crippen molar-refractivity contribution >= 4 is 34.8 Å². The van der Waals surface area contributed by atoms with Gasteiger partial charge in [0.25, 0.3) is 11.7 Å². The van der Waals surface area contributed by atoms with Gasteiger partial charge in [0.2, 0.25) is 0 Å². The summed E-state index contributed by atoms with van der Waals surface area (Å²) in [6.07, 6.45) is 1.86. The monoisotopic (exact) mass is 474 g/mol. The van der Waals surface area contributed by atoms with Crippen molar-refractivity contribution in [3.8, 4) is 11.1 Å². The first-order chi connectivity index (χ1) is 16.1. The summed E-state index contributed by atoms with van der Waals surface area (Å²) in [4.78, 5) is 6.64. The number of benzene rings is 2. The number of halogens is 1. The lowest BCUT2D eigenvalue weighted by molar-refractivity contribution is -0.510. The Morgan fingerprint density at radius 3 is 2.55 bits per heavy atom. The summed E-state index contributed by atoms with van der Waals surface area (Å²) in [5.41, 5.74) is 6.48. The first-order valence-corrected chi connectivity index (χ1v) is 12.3. The molecule has 1 atom stereocenters. The van der Waals surface area contributed by atoms with Crippen LogP contribution in [-0.2, 0) is 4.74 Å². The van der Waals surface area contributed by atoms with E-state index in [1.807, 2.05) is 36.2 Å². The number of methoxy groups -OCH3 is 1. The number of hydrogen-bond donors (Lipinski definition) is 0. The van der Waals surface area contributed by atoms with E-state index < -0.39 is 0 Å². The van der Waals surface area contributed by atoms with Crippen LogP contribution in [0.5, 0.6) is 0 Å². The Bertz CT molecular complexity index is 1270. The highest BCUT2D eigenvalue weighted by Gasteiger charge is 2.48. The second-order valence-corrected chi connectivity index (χ2v) is 9.34. The molecule has 3 aromatic rings. The van der Waals surface area contributed by atoms with Crippen LogP contribution >= 0.6 is 23.4 Å². The standard InChI is InChI=1S/C27H25ClN3OS/c1-4-30-24-17-33-27(22-13-14-23(28)29-16-22)31(24)18(2)25(26(30)32-3)21-12-8-11-20(15-21)19-9-6-5-7-10-19/h5-16,27H,2,4,17H2,1,3H3/q+1. The van der Waals surface area contributed by atoms with E-state index in [2.05, 4.69) is 76.5 Å². The fourth-order valence-corrected chi connectivity index (χ4v) is 5.97. The number of hydrogen-bond acceptors (Lipinski definition) is 4. The number of ether oxygens (including phenoxy) is 1. The van der Waals surface area contributed by atoms with Gasteiger partial charge in [-0.25, -0.2) is 9.88 Å². The normalized spacial score (nSPS) is 18.1. The summed E-state index contributed by atoms with van der Waals surface area (Å²) in [7, 11) is 1.74. The first-order valence-electron chi connectivity index (χ1n) is 10.9. The molecule has 2 aliphatic rings. The van der Waals surface area contributed by atoms with Gasteiger partial charge in [0.1, 0.15) is 16.4 Å². The molecular formula is C27H25ClN3OS+. The average molecular weight is 475 g/mol. The van der Waals surface area contributed by atoms with Gasteiger partial charge in [0.15, 0.2) is 5.37 Å². The van der Waals surface area contributed by atoms with Gasteiger partial charge in [-0.2, -0.15) is 4.58 Å². The van der Waals surface area contributed by atoms with E-state index in [0.717, 1.165) is 46.1 Å². The summed E-state index contributed by atoms with van der Waals surface area (Å²) >= 11 is 7.91. The van der Waals surface area contributed by atoms with Gasteiger partial charge in [-0.05, 0) is 41.8 Å². The fraction of sp³-hybridized carbons (Fsp3) is 0.185. The van der Waals surface area contributed by atoms with Crippen molar-refractivity contribution in [1.82, 2.24) is 9.88 Å². The number of thioether (sulfide) groups is 1. The van der Waals surface area contributed by atoms with Gasteiger partial charge in [0.05, 0.1) is 19.4 Å². The maximum Gasteiger partial charge on any atom is 0.296 e. The molecule has 0 amide bonds. The van der Waals surface area contributed by atoms with E-state index in [4.69, 9.17) is 16.3 Å². The molecule has 1 aromatic heterocycles. The first kappa shape index (κ1) is 21.8. The largest absolute Gasteiger partial charge is 0.465 e. The van der Waals surface area contributed by atoms with Crippen LogP contribution in [0.25, 0.3) is 16.7 Å². The third-order valence-corrected chi connectivity index (χ3v) is 7.48. The zero-order valence-corrected chi connectivity index (χ0v) is 20.2. The van der Waals surface area contributed by atoms with Gasteiger partial charge in [-0.3, -0.25) is 0 Å². The molecule has 0 bridgehead atoms. The van der Waals surface area contributed by atoms with Crippen LogP contribution in [0.3, 0.4) is 0 Å². The summed E-state index contributed by atoms with van der Waals surface area (Å²) in [5.74, 6) is 2.89. The second kappa shape index (κ2) is 9.08. The molecular weight excluding hydrogens is 450 g/mol. The molecule has 0 radical (unpaired) electrons. The van der Waals surface area contributed by atoms with Crippen molar-refractivity contribution in [2.75, 3.05) is 19.4 Å². The number of aromatic nitrogens is 1. The Hall–Kier alpha value is -3.02. The number of pyridine rings is 1. The zero-order chi connectivity index (χ0) is 22.9. The van der Waals surface area contributed by atoms with Crippen LogP contribution < -0.4 is 0 Å². The van der Waals surface area contributed by atoms with Gasteiger partial charge in [-0.1, -0.05) is 78.5 Å². The molecule has 0 spiro atoms. The van der Waals surface area contributed by atoms with Crippen LogP contribution in [0.2, 0.25) is 5.15 Å². The smallest absolute Gasteiger partial charge is 0.296 e. The predicted octanol–water partition coefficient (Wildman–Crippen LogP) is 6.42. The molecule has 33 heavy (non-hydrogen) atoms. The third kappa shape index (κ3) is 3.85. The number of rotatable bonds is 5. The Labute approximate surface area is 203 Å². The van der Waals surface area contributed by atoms with E-state index in [9.17, 15) is 0 Å². The molecule has 0 N–H and O–H groups in total. The summed E-state index contributed by atoms with van der Waals surface area (Å²) in [6.45, 7) is 7.51. The minimum Gasteiger partial charge on any atom is -0.465 e. The number of nitrogens with zero attached hydrogens (tertiary/aromatic N) is 3. The molecule has 2 aromatic carbocycles. The molecule has 1 unspecified atom stereocenters. The van der Waals surface area contributed by atoms with E-state index in [1.165, 1.54) is 11.4 Å². The zero-order valence-electron chi connectivity index (χ0n) is 18.7. The van der Waals surface area contributed by atoms with Gasteiger partial charge in [0, 0.05) is 11.8 Å². The van der Waals surface area contributed by atoms with Crippen molar-refractivity contribution in [3.63, 3.8) is 0 Å². The molecule has 6 heteroatoms. The Balaban J connectivity index is 1.63. The van der Waals surface area contributed by atoms with Crippen LogP contribution in [0, 0.1) is 0 Å². The molecule has 0 saturated carbocycles. The SMILES string of the molecule is C=C1C(c2cccc(-c3ccccc3)c2)=C(OC)[N+](CC)=C2CSC(c3ccc(Cl)nc3)N12. The van der Waals surface area contributed by atoms with Crippen LogP contribution in [0.15, 0.2) is 91.1 Å². The van der Waals surface area contributed by atoms with Gasteiger partial charge < -0.3 is 4.74 Å². The van der Waals surface area contributed by atoms with Gasteiger partial charge >= 0.3 is 0 Å². The van der Waals surface area contributed by atoms with Crippen molar-refractivity contribution in [1.29, 1.82) is 0 Å². The maximum absolute atomic E-state index is 6.05. The molecule has 166 valence electrons. The molecule has 2 aliphatic heterocycles. The fourth-order valence-electron chi connectivity index (χ4n) is 4.53. The van der Waals surface area contributed by atoms with Crippen molar-refractivity contribution in [3.05, 3.63) is 107 Å². The van der Waals surface area contributed by atoms with Crippen LogP contribution in [0.4, 0.5) is 0 Å². The average Bonchev–Trinajstić information content (AvgIpc) is 3.30. The quantitative estimate of drug-likeness (QED) is 0.315. The van der Waals surface area contributed by atoms with E-state index in [0.29, 0.717) is 5.15 Å². The third-order valence-electron chi connectivity index (χ3n) is 6.04. The molecule has 3 heterocycles. The molecule has 1 saturated heterocycles. The Kier molecular flexibility index (Phi) is 6.00. The Morgan fingerprint density at radius 2 is 1.85 bits per heavy atom. The highest BCUT2D eigenvalue weighted by atomic mass is 35.5. The minimum absolute atomic E-state index is 0.0806. The van der Waals surface area contributed by atoms with Crippen molar-refractivity contribution in [2.24, 2.45) is 0 Å². The van der Waals surface area contributed by atoms with Crippen LogP contribution in [0.1, 0.15) is 23.4 Å². The van der Waals surface area contributed by atoms with Crippen molar-refractivity contribution in [2.45, 2.75) is 12.3 Å². The summed E-state index contributed by atoms with van der Waals surface area (Å²) in [6, 6.07) is 22.9. The minimum atomic E-state index is 0.0806. The number of amidine groups is 1. The lowest BCUT2D eigenvalue weighted by atomic mass is 9.96. The predicted molar refractivity (Wildman–Crippen MR) is 137 cm³/mol. The van der Waals surface area contributed by atoms with Gasteiger partial charge in [-0.15, -0.1) is 0 Å². The van der Waals surface area contributed by atoms with Crippen molar-refractivity contribution < 1.29 is 9.31 Å². The maximum atomic E-state index is 6.05. The van der Waals surface area contributed by atoms with E-state index in [1.54, 1.807) is 7.11 Å². The number of allylic oxidation sites excluding steroid dienone is 1. The Morgan fingerprint density at radius 1 is 1.09 bits per heavy atom. The topological polar surface area (TPSA) is 28.4 Å². The highest BCUT2D eigenvalue weighted by Crippen LogP contribution is 2.47. The molecule has 1 fully saturated rings. The van der Waals surface area contributed by atoms with E-state index in [-0.39, 0.29) is 5.37 Å². The highest BCUT2D eigenvalue weighted by molar-refractivity contribution is 8.00. The summed E-state index contributed by atoms with van der Waals surface area (Å²) < 4.78 is 8.26. The molecule has 5 rings (SSSR count). The van der Waals surface area contributed by atoms with Crippen LogP contribution in [-0.4, -0.2) is 39.7 Å².